The Morgan fingerprint density at radius 2 is 1.74 bits per heavy atom. The van der Waals surface area contributed by atoms with Crippen LogP contribution in [-0.2, 0) is 23.9 Å². The number of primary amides is 1. The molecule has 0 aliphatic heterocycles. The second-order valence-corrected chi connectivity index (χ2v) is 8.52. The number of nitrogens with zero attached hydrogens (tertiary/aromatic N) is 3. The van der Waals surface area contributed by atoms with Crippen molar-refractivity contribution in [3.8, 4) is 11.1 Å². The van der Waals surface area contributed by atoms with Crippen LogP contribution in [0.3, 0.4) is 0 Å². The summed E-state index contributed by atoms with van der Waals surface area (Å²) in [6, 6.07) is 8.39. The van der Waals surface area contributed by atoms with Crippen molar-refractivity contribution in [2.75, 3.05) is 0 Å². The average Bonchev–Trinajstić information content (AvgIpc) is 3.32. The lowest BCUT2D eigenvalue weighted by molar-refractivity contribution is -0.137. The average molecular weight is 547 g/mol. The van der Waals surface area contributed by atoms with Gasteiger partial charge in [-0.3, -0.25) is 19.3 Å². The Balaban J connectivity index is 1.71. The summed E-state index contributed by atoms with van der Waals surface area (Å²) in [5.41, 5.74) is 4.77. The lowest BCUT2D eigenvalue weighted by Crippen LogP contribution is -2.33. The van der Waals surface area contributed by atoms with Crippen LogP contribution in [0.4, 0.5) is 26.3 Å². The SMILES string of the molecule is NC(=O)c1cc(-c2cccnc2C(Cc2cc(F)cc(F)c2)NC(=O)Cn2cc(C(F)(F)F)cn2)ccc1F. The number of rotatable bonds is 8. The van der Waals surface area contributed by atoms with E-state index in [1.54, 1.807) is 6.07 Å². The van der Waals surface area contributed by atoms with Crippen molar-refractivity contribution in [2.24, 2.45) is 5.73 Å². The molecule has 3 N–H and O–H groups in total. The van der Waals surface area contributed by atoms with Gasteiger partial charge in [-0.25, -0.2) is 13.2 Å². The summed E-state index contributed by atoms with van der Waals surface area (Å²) in [6.07, 6.45) is -2.22. The second kappa shape index (κ2) is 11.0. The number of aromatic nitrogens is 3. The molecule has 2 aromatic carbocycles. The molecule has 7 nitrogen and oxygen atoms in total. The third kappa shape index (κ3) is 6.61. The number of pyridine rings is 1. The molecule has 1 atom stereocenters. The van der Waals surface area contributed by atoms with E-state index in [0.717, 1.165) is 22.9 Å². The molecule has 0 bridgehead atoms. The number of carbonyl (C=O) groups is 2. The zero-order chi connectivity index (χ0) is 28.3. The number of hydrogen-bond donors (Lipinski definition) is 2. The fourth-order valence-corrected chi connectivity index (χ4v) is 3.99. The van der Waals surface area contributed by atoms with E-state index in [9.17, 15) is 35.9 Å². The highest BCUT2D eigenvalue weighted by atomic mass is 19.4. The van der Waals surface area contributed by atoms with Crippen LogP contribution >= 0.6 is 0 Å². The molecule has 13 heteroatoms. The predicted molar refractivity (Wildman–Crippen MR) is 126 cm³/mol. The molecule has 0 saturated heterocycles. The van der Waals surface area contributed by atoms with Gasteiger partial charge in [-0.15, -0.1) is 0 Å². The fraction of sp³-hybridized carbons (Fsp3) is 0.154. The Labute approximate surface area is 217 Å². The van der Waals surface area contributed by atoms with Crippen molar-refractivity contribution in [3.63, 3.8) is 0 Å². The molecule has 0 radical (unpaired) electrons. The first-order valence-corrected chi connectivity index (χ1v) is 11.3. The molecule has 0 fully saturated rings. The first-order valence-electron chi connectivity index (χ1n) is 11.3. The number of alkyl halides is 3. The molecule has 4 aromatic rings. The van der Waals surface area contributed by atoms with Crippen molar-refractivity contribution in [2.45, 2.75) is 25.2 Å². The molecular weight excluding hydrogens is 528 g/mol. The molecule has 2 amide bonds. The maximum Gasteiger partial charge on any atom is 0.419 e. The Hall–Kier alpha value is -4.68. The van der Waals surface area contributed by atoms with E-state index >= 15 is 0 Å². The van der Waals surface area contributed by atoms with Gasteiger partial charge < -0.3 is 11.1 Å². The molecule has 2 aromatic heterocycles. The summed E-state index contributed by atoms with van der Waals surface area (Å²) >= 11 is 0. The summed E-state index contributed by atoms with van der Waals surface area (Å²) < 4.78 is 81.4. The van der Waals surface area contributed by atoms with Gasteiger partial charge in [-0.05, 0) is 47.9 Å². The third-order valence-corrected chi connectivity index (χ3v) is 5.67. The number of carbonyl (C=O) groups excluding carboxylic acids is 2. The van der Waals surface area contributed by atoms with Crippen LogP contribution in [0, 0.1) is 17.5 Å². The van der Waals surface area contributed by atoms with E-state index in [0.29, 0.717) is 29.6 Å². The number of amides is 2. The van der Waals surface area contributed by atoms with Crippen LogP contribution < -0.4 is 11.1 Å². The minimum absolute atomic E-state index is 0.143. The van der Waals surface area contributed by atoms with E-state index in [1.807, 2.05) is 0 Å². The lowest BCUT2D eigenvalue weighted by Gasteiger charge is -2.22. The van der Waals surface area contributed by atoms with Crippen LogP contribution in [0.2, 0.25) is 0 Å². The van der Waals surface area contributed by atoms with Crippen LogP contribution in [0.5, 0.6) is 0 Å². The summed E-state index contributed by atoms with van der Waals surface area (Å²) in [7, 11) is 0. The van der Waals surface area contributed by atoms with E-state index in [1.165, 1.54) is 24.4 Å². The second-order valence-electron chi connectivity index (χ2n) is 8.52. The van der Waals surface area contributed by atoms with Crippen molar-refractivity contribution in [3.05, 3.63) is 107 Å². The predicted octanol–water partition coefficient (Wildman–Crippen LogP) is 4.58. The van der Waals surface area contributed by atoms with E-state index in [2.05, 4.69) is 15.4 Å². The Morgan fingerprint density at radius 3 is 2.38 bits per heavy atom. The Kier molecular flexibility index (Phi) is 7.70. The lowest BCUT2D eigenvalue weighted by atomic mass is 9.94. The summed E-state index contributed by atoms with van der Waals surface area (Å²) in [4.78, 5) is 28.9. The van der Waals surface area contributed by atoms with Crippen LogP contribution in [0.1, 0.15) is 33.2 Å². The maximum absolute atomic E-state index is 14.1. The molecule has 0 saturated carbocycles. The van der Waals surface area contributed by atoms with Gasteiger partial charge in [-0.1, -0.05) is 12.1 Å². The molecule has 4 rings (SSSR count). The fourth-order valence-electron chi connectivity index (χ4n) is 3.99. The Bertz CT molecular complexity index is 1520. The molecule has 0 aliphatic carbocycles. The number of halogens is 6. The molecule has 2 heterocycles. The first kappa shape index (κ1) is 27.4. The largest absolute Gasteiger partial charge is 0.419 e. The van der Waals surface area contributed by atoms with Gasteiger partial charge in [-0.2, -0.15) is 18.3 Å². The first-order chi connectivity index (χ1) is 18.4. The van der Waals surface area contributed by atoms with Crippen LogP contribution in [0.15, 0.2) is 67.1 Å². The Morgan fingerprint density at radius 1 is 1.03 bits per heavy atom. The van der Waals surface area contributed by atoms with Gasteiger partial charge in [0.1, 0.15) is 24.0 Å². The highest BCUT2D eigenvalue weighted by molar-refractivity contribution is 5.94. The quantitative estimate of drug-likeness (QED) is 0.315. The zero-order valence-corrected chi connectivity index (χ0v) is 19.8. The van der Waals surface area contributed by atoms with Gasteiger partial charge in [0.2, 0.25) is 5.91 Å². The molecule has 0 spiro atoms. The summed E-state index contributed by atoms with van der Waals surface area (Å²) in [6.45, 7) is -0.603. The molecule has 39 heavy (non-hydrogen) atoms. The smallest absolute Gasteiger partial charge is 0.366 e. The van der Waals surface area contributed by atoms with Crippen molar-refractivity contribution in [1.29, 1.82) is 0 Å². The maximum atomic E-state index is 14.1. The highest BCUT2D eigenvalue weighted by Crippen LogP contribution is 2.31. The van der Waals surface area contributed by atoms with Crippen molar-refractivity contribution in [1.82, 2.24) is 20.1 Å². The molecular formula is C26H19F6N5O2. The minimum atomic E-state index is -4.65. The van der Waals surface area contributed by atoms with Gasteiger partial charge in [0.15, 0.2) is 0 Å². The number of nitrogens with one attached hydrogen (secondary N) is 1. The molecule has 1 unspecified atom stereocenters. The summed E-state index contributed by atoms with van der Waals surface area (Å²) in [5.74, 6) is -4.37. The van der Waals surface area contributed by atoms with Gasteiger partial charge >= 0.3 is 6.18 Å². The van der Waals surface area contributed by atoms with Gasteiger partial charge in [0.05, 0.1) is 29.1 Å². The monoisotopic (exact) mass is 547 g/mol. The topological polar surface area (TPSA) is 103 Å². The van der Waals surface area contributed by atoms with E-state index in [-0.39, 0.29) is 17.7 Å². The molecule has 202 valence electrons. The number of benzene rings is 2. The minimum Gasteiger partial charge on any atom is -0.366 e. The van der Waals surface area contributed by atoms with Crippen molar-refractivity contribution >= 4 is 11.8 Å². The van der Waals surface area contributed by atoms with Crippen LogP contribution in [0.25, 0.3) is 11.1 Å². The standard InChI is InChI=1S/C26H19F6N5O2/c27-17-6-14(7-18(28)10-17)8-22(36-23(38)13-37-12-16(11-35-37)26(30,31)32)24-19(2-1-5-34-24)15-3-4-21(29)20(9-15)25(33)39/h1-7,9-12,22H,8,13H2,(H2,33,39)(H,36,38). The van der Waals surface area contributed by atoms with Crippen LogP contribution in [-0.4, -0.2) is 26.6 Å². The zero-order valence-electron chi connectivity index (χ0n) is 19.8. The normalized spacial score (nSPS) is 12.3. The number of nitrogens with two attached hydrogens (primary N) is 1. The summed E-state index contributed by atoms with van der Waals surface area (Å²) in [5, 5.41) is 6.17. The van der Waals surface area contributed by atoms with E-state index in [4.69, 9.17) is 5.73 Å². The van der Waals surface area contributed by atoms with Gasteiger partial charge in [0, 0.05) is 24.0 Å². The highest BCUT2D eigenvalue weighted by Gasteiger charge is 2.32. The van der Waals surface area contributed by atoms with Crippen molar-refractivity contribution < 1.29 is 35.9 Å². The number of hydrogen-bond acceptors (Lipinski definition) is 4. The van der Waals surface area contributed by atoms with E-state index < -0.39 is 59.2 Å². The third-order valence-electron chi connectivity index (χ3n) is 5.67. The molecule has 0 aliphatic rings. The van der Waals surface area contributed by atoms with Gasteiger partial charge in [0.25, 0.3) is 5.91 Å².